The van der Waals surface area contributed by atoms with Crippen molar-refractivity contribution in [3.05, 3.63) is 0 Å². The Morgan fingerprint density at radius 1 is 1.14 bits per heavy atom. The Kier molecular flexibility index (Phi) is 9.21. The molecule has 0 radical (unpaired) electrons. The van der Waals surface area contributed by atoms with Crippen LogP contribution in [0.5, 0.6) is 0 Å². The molecule has 2 N–H and O–H groups in total. The van der Waals surface area contributed by atoms with E-state index >= 15 is 0 Å². The van der Waals surface area contributed by atoms with Crippen molar-refractivity contribution in [2.24, 2.45) is 0 Å². The zero-order chi connectivity index (χ0) is 17.2. The Labute approximate surface area is 132 Å². The van der Waals surface area contributed by atoms with Crippen molar-refractivity contribution in [3.63, 3.8) is 0 Å². The van der Waals surface area contributed by atoms with Gasteiger partial charge in [-0.1, -0.05) is 6.92 Å². The van der Waals surface area contributed by atoms with E-state index in [1.807, 2.05) is 6.92 Å². The molecule has 128 valence electrons. The van der Waals surface area contributed by atoms with E-state index < -0.39 is 23.7 Å². The molecule has 2 amide bonds. The fraction of sp³-hybridized carbons (Fsp3) is 0.800. The number of alkyl carbamates (subject to hydrolysis) is 1. The summed E-state index contributed by atoms with van der Waals surface area (Å²) in [5.74, 6) is -0.737. The molecule has 7 nitrogen and oxygen atoms in total. The van der Waals surface area contributed by atoms with Gasteiger partial charge in [0.1, 0.15) is 11.6 Å². The zero-order valence-corrected chi connectivity index (χ0v) is 14.2. The Balaban J connectivity index is 4.53. The van der Waals surface area contributed by atoms with E-state index in [-0.39, 0.29) is 25.4 Å². The molecule has 0 rings (SSSR count). The fourth-order valence-electron chi connectivity index (χ4n) is 1.57. The number of carbonyl (C=O) groups excluding carboxylic acids is 3. The maximum Gasteiger partial charge on any atom is 0.408 e. The molecule has 0 aromatic carbocycles. The van der Waals surface area contributed by atoms with Crippen LogP contribution in [-0.2, 0) is 19.1 Å². The number of hydrogen-bond acceptors (Lipinski definition) is 5. The first kappa shape index (κ1) is 20.2. The average molecular weight is 316 g/mol. The number of hydrogen-bond donors (Lipinski definition) is 2. The van der Waals surface area contributed by atoms with Crippen LogP contribution in [0.25, 0.3) is 0 Å². The van der Waals surface area contributed by atoms with E-state index in [1.165, 1.54) is 0 Å². The molecular weight excluding hydrogens is 288 g/mol. The minimum Gasteiger partial charge on any atom is -0.464 e. The van der Waals surface area contributed by atoms with Crippen LogP contribution >= 0.6 is 0 Å². The molecule has 0 bridgehead atoms. The SMILES string of the molecule is CCCNC(=O)CC[C@H](NC(=O)OC(C)(C)C)C(=O)OCC. The second kappa shape index (κ2) is 10.0. The second-order valence-corrected chi connectivity index (χ2v) is 5.84. The van der Waals surface area contributed by atoms with Crippen LogP contribution < -0.4 is 10.6 Å². The van der Waals surface area contributed by atoms with Crippen molar-refractivity contribution in [2.45, 2.75) is 65.5 Å². The summed E-state index contributed by atoms with van der Waals surface area (Å²) >= 11 is 0. The number of ether oxygens (including phenoxy) is 2. The Morgan fingerprint density at radius 2 is 1.77 bits per heavy atom. The first-order valence-corrected chi connectivity index (χ1v) is 7.62. The Morgan fingerprint density at radius 3 is 2.27 bits per heavy atom. The van der Waals surface area contributed by atoms with Crippen molar-refractivity contribution in [1.29, 1.82) is 0 Å². The zero-order valence-electron chi connectivity index (χ0n) is 14.2. The standard InChI is InChI=1S/C15H28N2O5/c1-6-10-16-12(18)9-8-11(13(19)21-7-2)17-14(20)22-15(3,4)5/h11H,6-10H2,1-5H3,(H,16,18)(H,17,20)/t11-/m0/s1. The maximum atomic E-state index is 11.8. The van der Waals surface area contributed by atoms with Crippen LogP contribution in [0.4, 0.5) is 4.79 Å². The molecular formula is C15H28N2O5. The highest BCUT2D eigenvalue weighted by atomic mass is 16.6. The fourth-order valence-corrected chi connectivity index (χ4v) is 1.57. The van der Waals surface area contributed by atoms with Crippen molar-refractivity contribution < 1.29 is 23.9 Å². The summed E-state index contributed by atoms with van der Waals surface area (Å²) in [6.45, 7) is 9.59. The molecule has 0 spiro atoms. The minimum atomic E-state index is -0.901. The van der Waals surface area contributed by atoms with Gasteiger partial charge in [-0.05, 0) is 40.5 Å². The van der Waals surface area contributed by atoms with Gasteiger partial charge in [-0.15, -0.1) is 0 Å². The normalized spacial score (nSPS) is 12.2. The van der Waals surface area contributed by atoms with Crippen LogP contribution in [0.1, 0.15) is 53.9 Å². The summed E-state index contributed by atoms with van der Waals surface area (Å²) in [5, 5.41) is 5.17. The minimum absolute atomic E-state index is 0.124. The van der Waals surface area contributed by atoms with Crippen LogP contribution in [0, 0.1) is 0 Å². The van der Waals surface area contributed by atoms with Crippen molar-refractivity contribution >= 4 is 18.0 Å². The largest absolute Gasteiger partial charge is 0.464 e. The molecule has 22 heavy (non-hydrogen) atoms. The number of amides is 2. The molecule has 7 heteroatoms. The third kappa shape index (κ3) is 10.0. The number of nitrogens with one attached hydrogen (secondary N) is 2. The Hall–Kier alpha value is -1.79. The third-order valence-electron chi connectivity index (χ3n) is 2.49. The van der Waals surface area contributed by atoms with Gasteiger partial charge in [0.2, 0.25) is 5.91 Å². The molecule has 0 aromatic heterocycles. The lowest BCUT2D eigenvalue weighted by molar-refractivity contribution is -0.145. The number of rotatable bonds is 8. The second-order valence-electron chi connectivity index (χ2n) is 5.84. The summed E-state index contributed by atoms with van der Waals surface area (Å²) in [4.78, 5) is 35.2. The topological polar surface area (TPSA) is 93.7 Å². The van der Waals surface area contributed by atoms with E-state index in [2.05, 4.69) is 10.6 Å². The highest BCUT2D eigenvalue weighted by Crippen LogP contribution is 2.08. The van der Waals surface area contributed by atoms with Gasteiger partial charge in [0.15, 0.2) is 0 Å². The van der Waals surface area contributed by atoms with Gasteiger partial charge in [0, 0.05) is 13.0 Å². The molecule has 0 saturated heterocycles. The molecule has 0 saturated carbocycles. The van der Waals surface area contributed by atoms with E-state index in [9.17, 15) is 14.4 Å². The first-order valence-electron chi connectivity index (χ1n) is 7.62. The molecule has 0 aromatic rings. The van der Waals surface area contributed by atoms with Gasteiger partial charge in [-0.3, -0.25) is 4.79 Å². The van der Waals surface area contributed by atoms with E-state index in [1.54, 1.807) is 27.7 Å². The molecule has 0 unspecified atom stereocenters. The van der Waals surface area contributed by atoms with Crippen LogP contribution in [-0.4, -0.2) is 42.8 Å². The molecule has 0 aliphatic rings. The van der Waals surface area contributed by atoms with Crippen molar-refractivity contribution in [3.8, 4) is 0 Å². The van der Waals surface area contributed by atoms with Gasteiger partial charge in [-0.2, -0.15) is 0 Å². The number of carbonyl (C=O) groups is 3. The van der Waals surface area contributed by atoms with Gasteiger partial charge >= 0.3 is 12.1 Å². The average Bonchev–Trinajstić information content (AvgIpc) is 2.39. The van der Waals surface area contributed by atoms with Gasteiger partial charge < -0.3 is 20.1 Å². The highest BCUT2D eigenvalue weighted by Gasteiger charge is 2.25. The van der Waals surface area contributed by atoms with E-state index in [4.69, 9.17) is 9.47 Å². The lowest BCUT2D eigenvalue weighted by Gasteiger charge is -2.22. The Bertz CT molecular complexity index is 377. The highest BCUT2D eigenvalue weighted by molar-refractivity contribution is 5.83. The van der Waals surface area contributed by atoms with Crippen molar-refractivity contribution in [1.82, 2.24) is 10.6 Å². The van der Waals surface area contributed by atoms with E-state index in [0.29, 0.717) is 6.54 Å². The first-order chi connectivity index (χ1) is 10.2. The quantitative estimate of drug-likeness (QED) is 0.665. The van der Waals surface area contributed by atoms with E-state index in [0.717, 1.165) is 6.42 Å². The predicted molar refractivity (Wildman–Crippen MR) is 82.3 cm³/mol. The van der Waals surface area contributed by atoms with Crippen molar-refractivity contribution in [2.75, 3.05) is 13.2 Å². The smallest absolute Gasteiger partial charge is 0.408 e. The van der Waals surface area contributed by atoms with Gasteiger partial charge in [0.05, 0.1) is 6.61 Å². The lowest BCUT2D eigenvalue weighted by atomic mass is 10.1. The molecule has 0 aliphatic carbocycles. The van der Waals surface area contributed by atoms with Gasteiger partial charge in [-0.25, -0.2) is 9.59 Å². The molecule has 0 fully saturated rings. The molecule has 0 heterocycles. The van der Waals surface area contributed by atoms with Gasteiger partial charge in [0.25, 0.3) is 0 Å². The lowest BCUT2D eigenvalue weighted by Crippen LogP contribution is -2.44. The third-order valence-corrected chi connectivity index (χ3v) is 2.49. The van der Waals surface area contributed by atoms with Crippen LogP contribution in [0.3, 0.4) is 0 Å². The summed E-state index contributed by atoms with van der Waals surface area (Å²) in [5.41, 5.74) is -0.665. The summed E-state index contributed by atoms with van der Waals surface area (Å²) in [6.07, 6.45) is 0.412. The summed E-state index contributed by atoms with van der Waals surface area (Å²) in [7, 11) is 0. The predicted octanol–water partition coefficient (Wildman–Crippen LogP) is 1.75. The maximum absolute atomic E-state index is 11.8. The van der Waals surface area contributed by atoms with Crippen LogP contribution in [0.2, 0.25) is 0 Å². The summed E-state index contributed by atoms with van der Waals surface area (Å²) in [6, 6.07) is -0.901. The molecule has 1 atom stereocenters. The molecule has 0 aliphatic heterocycles. The number of esters is 1. The monoisotopic (exact) mass is 316 g/mol. The summed E-state index contributed by atoms with van der Waals surface area (Å²) < 4.78 is 10.0. The van der Waals surface area contributed by atoms with Crippen LogP contribution in [0.15, 0.2) is 0 Å².